The zero-order valence-electron chi connectivity index (χ0n) is 9.24. The molecule has 3 nitrogen and oxygen atoms in total. The van der Waals surface area contributed by atoms with Crippen molar-refractivity contribution >= 4 is 5.95 Å². The second-order valence-corrected chi connectivity index (χ2v) is 3.42. The first-order valence-electron chi connectivity index (χ1n) is 5.23. The molecule has 88 valence electrons. The van der Waals surface area contributed by atoms with Crippen LogP contribution in [0.25, 0.3) is 11.3 Å². The number of hydrogen-bond acceptors (Lipinski definition) is 3. The van der Waals surface area contributed by atoms with Crippen LogP contribution < -0.4 is 5.32 Å². The largest absolute Gasteiger partial charge is 0.354 e. The number of halogens is 2. The van der Waals surface area contributed by atoms with Gasteiger partial charge in [-0.05, 0) is 31.2 Å². The third-order valence-corrected chi connectivity index (χ3v) is 2.21. The van der Waals surface area contributed by atoms with Crippen LogP contribution in [0.15, 0.2) is 30.5 Å². The van der Waals surface area contributed by atoms with E-state index in [2.05, 4.69) is 15.3 Å². The summed E-state index contributed by atoms with van der Waals surface area (Å²) in [6, 6.07) is 5.33. The van der Waals surface area contributed by atoms with Crippen LogP contribution in [0.4, 0.5) is 14.7 Å². The van der Waals surface area contributed by atoms with Crippen LogP contribution in [0.1, 0.15) is 6.92 Å². The van der Waals surface area contributed by atoms with Crippen LogP contribution >= 0.6 is 0 Å². The van der Waals surface area contributed by atoms with Crippen LogP contribution in [-0.2, 0) is 0 Å². The lowest BCUT2D eigenvalue weighted by Crippen LogP contribution is -2.02. The summed E-state index contributed by atoms with van der Waals surface area (Å²) in [6.07, 6.45) is 1.57. The van der Waals surface area contributed by atoms with Gasteiger partial charge in [0.1, 0.15) is 0 Å². The van der Waals surface area contributed by atoms with Gasteiger partial charge in [-0.1, -0.05) is 0 Å². The van der Waals surface area contributed by atoms with Crippen LogP contribution in [0.3, 0.4) is 0 Å². The van der Waals surface area contributed by atoms with Crippen molar-refractivity contribution in [2.24, 2.45) is 0 Å². The summed E-state index contributed by atoms with van der Waals surface area (Å²) in [5.41, 5.74) is 1.07. The van der Waals surface area contributed by atoms with Gasteiger partial charge in [0.05, 0.1) is 5.69 Å². The van der Waals surface area contributed by atoms with Crippen LogP contribution in [0.5, 0.6) is 0 Å². The number of anilines is 1. The molecular weight excluding hydrogens is 224 g/mol. The molecule has 0 amide bonds. The molecule has 2 aromatic rings. The lowest BCUT2D eigenvalue weighted by molar-refractivity contribution is 0.509. The summed E-state index contributed by atoms with van der Waals surface area (Å²) in [7, 11) is 0. The summed E-state index contributed by atoms with van der Waals surface area (Å²) in [5, 5.41) is 2.95. The monoisotopic (exact) mass is 235 g/mol. The molecule has 1 aromatic carbocycles. The third kappa shape index (κ3) is 2.55. The summed E-state index contributed by atoms with van der Waals surface area (Å²) in [5.74, 6) is -1.28. The maximum atomic E-state index is 13.1. The number of nitrogens with one attached hydrogen (secondary N) is 1. The van der Waals surface area contributed by atoms with E-state index >= 15 is 0 Å². The molecule has 0 fully saturated rings. The minimum Gasteiger partial charge on any atom is -0.354 e. The predicted molar refractivity (Wildman–Crippen MR) is 61.5 cm³/mol. The first kappa shape index (κ1) is 11.4. The summed E-state index contributed by atoms with van der Waals surface area (Å²) < 4.78 is 25.9. The van der Waals surface area contributed by atoms with Gasteiger partial charge < -0.3 is 5.32 Å². The Balaban J connectivity index is 2.38. The Bertz CT molecular complexity index is 529. The van der Waals surface area contributed by atoms with Crippen LogP contribution in [0, 0.1) is 11.6 Å². The van der Waals surface area contributed by atoms with Crippen molar-refractivity contribution in [2.75, 3.05) is 11.9 Å². The molecule has 0 spiro atoms. The molecule has 0 atom stereocenters. The minimum absolute atomic E-state index is 0.467. The van der Waals surface area contributed by atoms with Gasteiger partial charge >= 0.3 is 0 Å². The summed E-state index contributed by atoms with van der Waals surface area (Å²) in [4.78, 5) is 8.20. The van der Waals surface area contributed by atoms with E-state index in [1.54, 1.807) is 12.3 Å². The number of aromatic nitrogens is 2. The van der Waals surface area contributed by atoms with Crippen molar-refractivity contribution < 1.29 is 8.78 Å². The topological polar surface area (TPSA) is 37.8 Å². The molecular formula is C12H11F2N3. The Hall–Kier alpha value is -2.04. The standard InChI is InChI=1S/C12H11F2N3/c1-2-15-12-16-6-5-11(17-12)8-3-4-9(13)10(14)7-8/h3-7H,2H2,1H3,(H,15,16,17). The molecule has 1 N–H and O–H groups in total. The molecule has 0 unspecified atom stereocenters. The predicted octanol–water partition coefficient (Wildman–Crippen LogP) is 2.85. The zero-order valence-corrected chi connectivity index (χ0v) is 9.24. The van der Waals surface area contributed by atoms with E-state index in [1.807, 2.05) is 6.92 Å². The summed E-state index contributed by atoms with van der Waals surface area (Å²) >= 11 is 0. The minimum atomic E-state index is -0.883. The fourth-order valence-electron chi connectivity index (χ4n) is 1.42. The van der Waals surface area contributed by atoms with Gasteiger partial charge in [0.15, 0.2) is 11.6 Å². The van der Waals surface area contributed by atoms with E-state index in [-0.39, 0.29) is 0 Å². The molecule has 0 aliphatic carbocycles. The van der Waals surface area contributed by atoms with Crippen molar-refractivity contribution in [1.82, 2.24) is 9.97 Å². The number of rotatable bonds is 3. The number of benzene rings is 1. The Morgan fingerprint density at radius 1 is 1.18 bits per heavy atom. The molecule has 5 heteroatoms. The average Bonchev–Trinajstić information content (AvgIpc) is 2.33. The molecule has 1 aromatic heterocycles. The number of nitrogens with zero attached hydrogens (tertiary/aromatic N) is 2. The van der Waals surface area contributed by atoms with Crippen molar-refractivity contribution in [3.05, 3.63) is 42.1 Å². The highest BCUT2D eigenvalue weighted by molar-refractivity contribution is 5.59. The van der Waals surface area contributed by atoms with Gasteiger partial charge in [-0.15, -0.1) is 0 Å². The van der Waals surface area contributed by atoms with E-state index in [0.29, 0.717) is 23.8 Å². The maximum Gasteiger partial charge on any atom is 0.223 e. The SMILES string of the molecule is CCNc1nccc(-c2ccc(F)c(F)c2)n1. The quantitative estimate of drug-likeness (QED) is 0.888. The highest BCUT2D eigenvalue weighted by Gasteiger charge is 2.06. The van der Waals surface area contributed by atoms with Crippen LogP contribution in [0.2, 0.25) is 0 Å². The molecule has 2 rings (SSSR count). The highest BCUT2D eigenvalue weighted by atomic mass is 19.2. The summed E-state index contributed by atoms with van der Waals surface area (Å²) in [6.45, 7) is 2.62. The molecule has 0 radical (unpaired) electrons. The lowest BCUT2D eigenvalue weighted by Gasteiger charge is -2.04. The molecule has 1 heterocycles. The normalized spacial score (nSPS) is 10.3. The molecule has 17 heavy (non-hydrogen) atoms. The van der Waals surface area contributed by atoms with Gasteiger partial charge in [0.25, 0.3) is 0 Å². The van der Waals surface area contributed by atoms with Crippen molar-refractivity contribution in [2.45, 2.75) is 6.92 Å². The Morgan fingerprint density at radius 3 is 2.71 bits per heavy atom. The van der Waals surface area contributed by atoms with E-state index in [1.165, 1.54) is 6.07 Å². The maximum absolute atomic E-state index is 13.1. The fourth-order valence-corrected chi connectivity index (χ4v) is 1.42. The van der Waals surface area contributed by atoms with Gasteiger partial charge in [0, 0.05) is 18.3 Å². The van der Waals surface area contributed by atoms with E-state index in [0.717, 1.165) is 12.1 Å². The van der Waals surface area contributed by atoms with Crippen LogP contribution in [-0.4, -0.2) is 16.5 Å². The second kappa shape index (κ2) is 4.86. The molecule has 0 bridgehead atoms. The van der Waals surface area contributed by atoms with E-state index < -0.39 is 11.6 Å². The molecule has 0 saturated carbocycles. The molecule has 0 aliphatic rings. The van der Waals surface area contributed by atoms with Crippen molar-refractivity contribution in [3.63, 3.8) is 0 Å². The van der Waals surface area contributed by atoms with Crippen molar-refractivity contribution in [3.8, 4) is 11.3 Å². The highest BCUT2D eigenvalue weighted by Crippen LogP contribution is 2.19. The Labute approximate surface area is 97.5 Å². The average molecular weight is 235 g/mol. The Kier molecular flexibility index (Phi) is 3.27. The second-order valence-electron chi connectivity index (χ2n) is 3.42. The van der Waals surface area contributed by atoms with E-state index in [9.17, 15) is 8.78 Å². The fraction of sp³-hybridized carbons (Fsp3) is 0.167. The van der Waals surface area contributed by atoms with Gasteiger partial charge in [-0.2, -0.15) is 0 Å². The Morgan fingerprint density at radius 2 is 2.00 bits per heavy atom. The first-order chi connectivity index (χ1) is 8.20. The van der Waals surface area contributed by atoms with Gasteiger partial charge in [-0.3, -0.25) is 0 Å². The van der Waals surface area contributed by atoms with Gasteiger partial charge in [0.2, 0.25) is 5.95 Å². The molecule has 0 aliphatic heterocycles. The van der Waals surface area contributed by atoms with Crippen molar-refractivity contribution in [1.29, 1.82) is 0 Å². The van der Waals surface area contributed by atoms with Gasteiger partial charge in [-0.25, -0.2) is 18.7 Å². The zero-order chi connectivity index (χ0) is 12.3. The number of hydrogen-bond donors (Lipinski definition) is 1. The smallest absolute Gasteiger partial charge is 0.223 e. The third-order valence-electron chi connectivity index (χ3n) is 2.21. The lowest BCUT2D eigenvalue weighted by atomic mass is 10.1. The molecule has 0 saturated heterocycles. The first-order valence-corrected chi connectivity index (χ1v) is 5.23. The van der Waals surface area contributed by atoms with E-state index in [4.69, 9.17) is 0 Å².